The van der Waals surface area contributed by atoms with Crippen LogP contribution in [0, 0.1) is 0 Å². The number of para-hydroxylation sites is 1. The van der Waals surface area contributed by atoms with Crippen LogP contribution < -0.4 is 14.8 Å². The lowest BCUT2D eigenvalue weighted by molar-refractivity contribution is -0.129. The van der Waals surface area contributed by atoms with Gasteiger partial charge in [0.1, 0.15) is 25.8 Å². The Morgan fingerprint density at radius 2 is 1.64 bits per heavy atom. The van der Waals surface area contributed by atoms with Crippen LogP contribution in [0.2, 0.25) is 15.1 Å². The van der Waals surface area contributed by atoms with Crippen LogP contribution in [0.4, 0.5) is 0 Å². The number of carbonyl (C=O) groups is 1. The van der Waals surface area contributed by atoms with Crippen molar-refractivity contribution in [1.82, 2.24) is 10.2 Å². The number of hydrogen-bond acceptors (Lipinski definition) is 7. The molecule has 0 bridgehead atoms. The third kappa shape index (κ3) is 9.63. The monoisotopic (exact) mass is 702 g/mol. The third-order valence-corrected chi connectivity index (χ3v) is 9.13. The standard InChI is InChI=1S/C36H41Cl3N2O6/c1-43-17-15-24-6-13-30(37)26(20-24)21-41(27-9-10-27)36(42)34-29(14-16-40-33(34)22-45-23-44-2)25-7-11-28(12-8-25)46-18-19-47-35-31(38)4-3-5-32(35)39/h3-8,11-13,20,27,33,40H,9-10,14-19,21-23H2,1-2H3/t33-/m1/s1. The van der Waals surface area contributed by atoms with Crippen molar-refractivity contribution in [2.24, 2.45) is 0 Å². The second-order valence-electron chi connectivity index (χ2n) is 11.5. The summed E-state index contributed by atoms with van der Waals surface area (Å²) < 4.78 is 27.9. The predicted octanol–water partition coefficient (Wildman–Crippen LogP) is 7.22. The summed E-state index contributed by atoms with van der Waals surface area (Å²) in [6.45, 7) is 2.79. The maximum atomic E-state index is 14.6. The minimum atomic E-state index is -0.295. The Balaban J connectivity index is 1.35. The largest absolute Gasteiger partial charge is 0.490 e. The number of hydrogen-bond donors (Lipinski definition) is 1. The summed E-state index contributed by atoms with van der Waals surface area (Å²) in [6.07, 6.45) is 3.40. The molecule has 3 aromatic rings. The molecular formula is C36H41Cl3N2O6. The van der Waals surface area contributed by atoms with Gasteiger partial charge in [-0.15, -0.1) is 0 Å². The van der Waals surface area contributed by atoms with Gasteiger partial charge in [0.15, 0.2) is 5.75 Å². The van der Waals surface area contributed by atoms with E-state index >= 15 is 0 Å². The molecule has 252 valence electrons. The number of rotatable bonds is 17. The Bertz CT molecular complexity index is 1510. The fourth-order valence-corrected chi connectivity index (χ4v) is 6.36. The Morgan fingerprint density at radius 3 is 2.34 bits per heavy atom. The number of benzene rings is 3. The normalized spacial score (nSPS) is 16.3. The second kappa shape index (κ2) is 17.5. The second-order valence-corrected chi connectivity index (χ2v) is 12.8. The Morgan fingerprint density at radius 1 is 0.894 bits per heavy atom. The van der Waals surface area contributed by atoms with E-state index in [1.54, 1.807) is 32.4 Å². The molecule has 8 nitrogen and oxygen atoms in total. The van der Waals surface area contributed by atoms with E-state index in [0.717, 1.165) is 41.5 Å². The summed E-state index contributed by atoms with van der Waals surface area (Å²) in [7, 11) is 3.28. The maximum absolute atomic E-state index is 14.6. The van der Waals surface area contributed by atoms with E-state index in [1.807, 2.05) is 41.3 Å². The highest BCUT2D eigenvalue weighted by Crippen LogP contribution is 2.36. The minimum absolute atomic E-state index is 0.00483. The van der Waals surface area contributed by atoms with Gasteiger partial charge in [0.25, 0.3) is 5.91 Å². The molecule has 0 unspecified atom stereocenters. The summed E-state index contributed by atoms with van der Waals surface area (Å²) in [5.41, 5.74) is 4.73. The average Bonchev–Trinajstić information content (AvgIpc) is 3.92. The van der Waals surface area contributed by atoms with Crippen LogP contribution in [0.15, 0.2) is 66.2 Å². The smallest absolute Gasteiger partial charge is 0.252 e. The molecule has 2 aliphatic rings. The molecule has 1 fully saturated rings. The molecule has 1 N–H and O–H groups in total. The first-order valence-corrected chi connectivity index (χ1v) is 16.9. The van der Waals surface area contributed by atoms with Crippen molar-refractivity contribution in [3.8, 4) is 11.5 Å². The zero-order valence-corrected chi connectivity index (χ0v) is 29.0. The van der Waals surface area contributed by atoms with Gasteiger partial charge in [0, 0.05) is 37.4 Å². The molecule has 5 rings (SSSR count). The zero-order valence-electron chi connectivity index (χ0n) is 26.7. The van der Waals surface area contributed by atoms with E-state index in [2.05, 4.69) is 11.4 Å². The minimum Gasteiger partial charge on any atom is -0.490 e. The van der Waals surface area contributed by atoms with Crippen molar-refractivity contribution in [3.05, 3.63) is 98.0 Å². The van der Waals surface area contributed by atoms with E-state index < -0.39 is 0 Å². The summed E-state index contributed by atoms with van der Waals surface area (Å²) in [6, 6.07) is 18.9. The van der Waals surface area contributed by atoms with Crippen LogP contribution in [0.5, 0.6) is 11.5 Å². The first kappa shape index (κ1) is 35.5. The first-order valence-electron chi connectivity index (χ1n) is 15.8. The van der Waals surface area contributed by atoms with Crippen LogP contribution in [0.3, 0.4) is 0 Å². The van der Waals surface area contributed by atoms with E-state index in [0.29, 0.717) is 71.5 Å². The van der Waals surface area contributed by atoms with Crippen molar-refractivity contribution in [2.75, 3.05) is 54.0 Å². The molecule has 1 aliphatic heterocycles. The Labute approximate surface area is 291 Å². The van der Waals surface area contributed by atoms with Gasteiger partial charge in [-0.3, -0.25) is 4.79 Å². The average molecular weight is 704 g/mol. The predicted molar refractivity (Wildman–Crippen MR) is 186 cm³/mol. The van der Waals surface area contributed by atoms with Gasteiger partial charge >= 0.3 is 0 Å². The molecule has 1 heterocycles. The molecule has 0 radical (unpaired) electrons. The zero-order chi connectivity index (χ0) is 33.2. The van der Waals surface area contributed by atoms with Crippen LogP contribution >= 0.6 is 34.8 Å². The molecular weight excluding hydrogens is 663 g/mol. The van der Waals surface area contributed by atoms with Gasteiger partial charge in [-0.1, -0.05) is 65.1 Å². The highest BCUT2D eigenvalue weighted by molar-refractivity contribution is 6.37. The van der Waals surface area contributed by atoms with Crippen molar-refractivity contribution in [3.63, 3.8) is 0 Å². The topological polar surface area (TPSA) is 78.5 Å². The van der Waals surface area contributed by atoms with Crippen LogP contribution in [0.1, 0.15) is 36.0 Å². The summed E-state index contributed by atoms with van der Waals surface area (Å²) in [4.78, 5) is 16.6. The molecule has 47 heavy (non-hydrogen) atoms. The lowest BCUT2D eigenvalue weighted by atomic mass is 9.88. The number of carbonyl (C=O) groups excluding carboxylic acids is 1. The number of nitrogens with one attached hydrogen (secondary N) is 1. The van der Waals surface area contributed by atoms with Gasteiger partial charge < -0.3 is 33.9 Å². The molecule has 3 aromatic carbocycles. The Hall–Kier alpha value is -2.82. The maximum Gasteiger partial charge on any atom is 0.252 e. The highest BCUT2D eigenvalue weighted by atomic mass is 35.5. The quantitative estimate of drug-likeness (QED) is 0.118. The van der Waals surface area contributed by atoms with Crippen LogP contribution in [-0.4, -0.2) is 76.9 Å². The number of amides is 1. The van der Waals surface area contributed by atoms with Crippen LogP contribution in [0.25, 0.3) is 5.57 Å². The molecule has 0 spiro atoms. The van der Waals surface area contributed by atoms with E-state index in [-0.39, 0.29) is 31.4 Å². The SMILES string of the molecule is COCCc1ccc(Cl)c(CN(C(=O)C2=C(c3ccc(OCCOc4c(Cl)cccc4Cl)cc3)CCN[C@@H]2COCOC)C2CC2)c1. The summed E-state index contributed by atoms with van der Waals surface area (Å²) >= 11 is 19.1. The van der Waals surface area contributed by atoms with Gasteiger partial charge in [0.2, 0.25) is 0 Å². The van der Waals surface area contributed by atoms with E-state index in [4.69, 9.17) is 58.5 Å². The van der Waals surface area contributed by atoms with Gasteiger partial charge in [-0.2, -0.15) is 0 Å². The fraction of sp³-hybridized carbons (Fsp3) is 0.417. The molecule has 0 saturated heterocycles. The van der Waals surface area contributed by atoms with E-state index in [1.165, 1.54) is 0 Å². The Kier molecular flexibility index (Phi) is 13.2. The van der Waals surface area contributed by atoms with Gasteiger partial charge in [-0.05, 0) is 84.8 Å². The third-order valence-electron chi connectivity index (χ3n) is 8.17. The fourth-order valence-electron chi connectivity index (χ4n) is 5.68. The molecule has 1 saturated carbocycles. The van der Waals surface area contributed by atoms with Crippen molar-refractivity contribution >= 4 is 46.3 Å². The van der Waals surface area contributed by atoms with Crippen molar-refractivity contribution in [1.29, 1.82) is 0 Å². The molecule has 11 heteroatoms. The number of methoxy groups -OCH3 is 2. The molecule has 0 aromatic heterocycles. The number of ether oxygens (including phenoxy) is 5. The number of nitrogens with zero attached hydrogens (tertiary/aromatic N) is 1. The molecule has 1 atom stereocenters. The summed E-state index contributed by atoms with van der Waals surface area (Å²) in [5.74, 6) is 1.12. The van der Waals surface area contributed by atoms with Gasteiger partial charge in [-0.25, -0.2) is 0 Å². The number of halogens is 3. The van der Waals surface area contributed by atoms with Crippen LogP contribution in [-0.2, 0) is 32.0 Å². The highest BCUT2D eigenvalue weighted by Gasteiger charge is 2.38. The lowest BCUT2D eigenvalue weighted by Crippen LogP contribution is -2.47. The lowest BCUT2D eigenvalue weighted by Gasteiger charge is -2.33. The van der Waals surface area contributed by atoms with Crippen molar-refractivity contribution < 1.29 is 28.5 Å². The van der Waals surface area contributed by atoms with Gasteiger partial charge in [0.05, 0.1) is 29.3 Å². The summed E-state index contributed by atoms with van der Waals surface area (Å²) in [5, 5.41) is 5.07. The van der Waals surface area contributed by atoms with Crippen molar-refractivity contribution in [2.45, 2.75) is 44.3 Å². The van der Waals surface area contributed by atoms with E-state index in [9.17, 15) is 4.79 Å². The first-order chi connectivity index (χ1) is 22.9. The molecule has 1 amide bonds. The molecule has 1 aliphatic carbocycles.